The summed E-state index contributed by atoms with van der Waals surface area (Å²) in [6.45, 7) is 4.51. The Hall–Kier alpha value is -2.69. The van der Waals surface area contributed by atoms with Crippen LogP contribution in [0.3, 0.4) is 0 Å². The Morgan fingerprint density at radius 2 is 0.962 bits per heavy atom. The molecule has 0 aromatic heterocycles. The molecular weight excluding hydrogens is 352 g/mol. The van der Waals surface area contributed by atoms with Gasteiger partial charge in [-0.15, -0.1) is 0 Å². The van der Waals surface area contributed by atoms with Crippen molar-refractivity contribution in [2.75, 3.05) is 6.54 Å². The maximum absolute atomic E-state index is 12.4. The van der Waals surface area contributed by atoms with E-state index in [0.29, 0.717) is 4.90 Å². The van der Waals surface area contributed by atoms with Crippen molar-refractivity contribution < 1.29 is 44.4 Å². The predicted molar refractivity (Wildman–Crippen MR) is 86.6 cm³/mol. The second-order valence-electron chi connectivity index (χ2n) is 5.85. The van der Waals surface area contributed by atoms with Gasteiger partial charge in [0.25, 0.3) is 0 Å². The number of carbonyl (C=O) groups excluding carboxylic acids is 1. The van der Waals surface area contributed by atoms with Crippen molar-refractivity contribution in [3.63, 3.8) is 0 Å². The quantitative estimate of drug-likeness (QED) is 0.364. The van der Waals surface area contributed by atoms with Crippen molar-refractivity contribution in [2.45, 2.75) is 58.3 Å². The molecule has 0 aliphatic carbocycles. The number of carbonyl (C=O) groups is 5. The van der Waals surface area contributed by atoms with E-state index in [1.807, 2.05) is 0 Å². The third kappa shape index (κ3) is 5.99. The Bertz CT molecular complexity index is 537. The molecule has 0 aliphatic heterocycles. The fraction of sp³-hybridized carbons (Fsp3) is 0.667. The Kier molecular flexibility index (Phi) is 8.70. The van der Waals surface area contributed by atoms with Gasteiger partial charge in [-0.3, -0.25) is 19.3 Å². The summed E-state index contributed by atoms with van der Waals surface area (Å²) in [4.78, 5) is 58.7. The van der Waals surface area contributed by atoms with Gasteiger partial charge in [0.2, 0.25) is 5.91 Å². The van der Waals surface area contributed by atoms with Crippen LogP contribution in [-0.2, 0) is 24.0 Å². The number of hydrogen-bond donors (Lipinski definition) is 4. The average Bonchev–Trinajstić information content (AvgIpc) is 2.53. The summed E-state index contributed by atoms with van der Waals surface area (Å²) in [7, 11) is 0. The molecule has 0 rings (SSSR count). The summed E-state index contributed by atoms with van der Waals surface area (Å²) in [6, 6.07) is -5.26. The number of hydrogen-bond acceptors (Lipinski definition) is 6. The molecule has 0 saturated heterocycles. The number of nitrogens with zero attached hydrogens (tertiary/aromatic N) is 2. The van der Waals surface area contributed by atoms with Crippen LogP contribution >= 0.6 is 0 Å². The van der Waals surface area contributed by atoms with E-state index >= 15 is 0 Å². The standard InChI is InChI=1S/C15H24N2O9/c1-7(12(19)20)16(8(2)13(21)22)6-5-11(18)17(9(3)14(23)24)10(4)15(25)26/h7-10H,5-6H2,1-4H3,(H,19,20)(H,21,22)(H,23,24)(H,25,26). The van der Waals surface area contributed by atoms with Gasteiger partial charge in [0.1, 0.15) is 24.2 Å². The van der Waals surface area contributed by atoms with Crippen LogP contribution in [0, 0.1) is 0 Å². The highest BCUT2D eigenvalue weighted by atomic mass is 16.4. The third-order valence-electron chi connectivity index (χ3n) is 4.13. The molecule has 1 amide bonds. The molecule has 0 aromatic carbocycles. The summed E-state index contributed by atoms with van der Waals surface area (Å²) in [5.41, 5.74) is 0. The van der Waals surface area contributed by atoms with E-state index < -0.39 is 60.4 Å². The normalized spacial score (nSPS) is 15.6. The fourth-order valence-electron chi connectivity index (χ4n) is 2.37. The lowest BCUT2D eigenvalue weighted by Crippen LogP contribution is -2.53. The Balaban J connectivity index is 5.43. The van der Waals surface area contributed by atoms with E-state index in [-0.39, 0.29) is 6.54 Å². The Morgan fingerprint density at radius 3 is 1.23 bits per heavy atom. The second-order valence-corrected chi connectivity index (χ2v) is 5.85. The first kappa shape index (κ1) is 23.3. The van der Waals surface area contributed by atoms with E-state index in [2.05, 4.69) is 0 Å². The van der Waals surface area contributed by atoms with Crippen LogP contribution in [0.5, 0.6) is 0 Å². The molecule has 0 heterocycles. The van der Waals surface area contributed by atoms with Gasteiger partial charge in [-0.25, -0.2) is 9.59 Å². The zero-order valence-corrected chi connectivity index (χ0v) is 14.9. The summed E-state index contributed by atoms with van der Waals surface area (Å²) < 4.78 is 0. The van der Waals surface area contributed by atoms with Gasteiger partial charge in [-0.05, 0) is 27.7 Å². The van der Waals surface area contributed by atoms with Gasteiger partial charge in [0.05, 0.1) is 0 Å². The highest BCUT2D eigenvalue weighted by molar-refractivity contribution is 5.88. The van der Waals surface area contributed by atoms with Crippen molar-refractivity contribution in [3.05, 3.63) is 0 Å². The molecule has 11 nitrogen and oxygen atoms in total. The zero-order chi connectivity index (χ0) is 20.8. The van der Waals surface area contributed by atoms with Gasteiger partial charge in [-0.2, -0.15) is 0 Å². The molecule has 0 aromatic rings. The van der Waals surface area contributed by atoms with E-state index in [1.165, 1.54) is 13.8 Å². The molecular formula is C15H24N2O9. The monoisotopic (exact) mass is 376 g/mol. The van der Waals surface area contributed by atoms with Crippen LogP contribution in [0.25, 0.3) is 0 Å². The van der Waals surface area contributed by atoms with E-state index in [1.54, 1.807) is 0 Å². The van der Waals surface area contributed by atoms with Gasteiger partial charge < -0.3 is 25.3 Å². The first-order chi connectivity index (χ1) is 11.8. The highest BCUT2D eigenvalue weighted by Gasteiger charge is 2.35. The van der Waals surface area contributed by atoms with Gasteiger partial charge in [0, 0.05) is 13.0 Å². The lowest BCUT2D eigenvalue weighted by atomic mass is 10.1. The van der Waals surface area contributed by atoms with Gasteiger partial charge >= 0.3 is 23.9 Å². The van der Waals surface area contributed by atoms with E-state index in [0.717, 1.165) is 18.7 Å². The van der Waals surface area contributed by atoms with Crippen LogP contribution in [0.1, 0.15) is 34.1 Å². The van der Waals surface area contributed by atoms with E-state index in [4.69, 9.17) is 20.4 Å². The molecule has 0 spiro atoms. The number of aliphatic carboxylic acids is 4. The van der Waals surface area contributed by atoms with Crippen molar-refractivity contribution in [1.29, 1.82) is 0 Å². The Labute approximate surface area is 149 Å². The lowest BCUT2D eigenvalue weighted by Gasteiger charge is -2.33. The fourth-order valence-corrected chi connectivity index (χ4v) is 2.37. The summed E-state index contributed by atoms with van der Waals surface area (Å²) in [5.74, 6) is -6.22. The number of amides is 1. The lowest BCUT2D eigenvalue weighted by molar-refractivity contribution is -0.158. The summed E-state index contributed by atoms with van der Waals surface area (Å²) in [6.07, 6.45) is -0.440. The number of rotatable bonds is 11. The van der Waals surface area contributed by atoms with Crippen LogP contribution in [0.2, 0.25) is 0 Å². The van der Waals surface area contributed by atoms with Crippen LogP contribution in [0.4, 0.5) is 0 Å². The molecule has 0 radical (unpaired) electrons. The molecule has 4 atom stereocenters. The maximum atomic E-state index is 12.4. The van der Waals surface area contributed by atoms with Crippen LogP contribution < -0.4 is 0 Å². The topological polar surface area (TPSA) is 173 Å². The highest BCUT2D eigenvalue weighted by Crippen LogP contribution is 2.13. The zero-order valence-electron chi connectivity index (χ0n) is 14.9. The molecule has 0 saturated carbocycles. The minimum Gasteiger partial charge on any atom is -0.480 e. The Morgan fingerprint density at radius 1 is 0.654 bits per heavy atom. The third-order valence-corrected chi connectivity index (χ3v) is 4.13. The maximum Gasteiger partial charge on any atom is 0.326 e. The predicted octanol–water partition coefficient (Wildman–Crippen LogP) is -0.600. The second kappa shape index (κ2) is 9.70. The largest absolute Gasteiger partial charge is 0.480 e. The van der Waals surface area contributed by atoms with Crippen LogP contribution in [-0.4, -0.2) is 90.7 Å². The molecule has 0 aliphatic rings. The van der Waals surface area contributed by atoms with Crippen molar-refractivity contribution in [1.82, 2.24) is 9.80 Å². The number of carboxylic acid groups (broad SMARTS) is 4. The first-order valence-corrected chi connectivity index (χ1v) is 7.81. The molecule has 0 fully saturated rings. The van der Waals surface area contributed by atoms with Crippen molar-refractivity contribution in [2.24, 2.45) is 0 Å². The SMILES string of the molecule is CC(C(=O)O)N(CCC(=O)N(C(C)C(=O)O)C(C)C(=O)O)C(C)C(=O)O. The molecule has 26 heavy (non-hydrogen) atoms. The van der Waals surface area contributed by atoms with E-state index in [9.17, 15) is 24.0 Å². The van der Waals surface area contributed by atoms with Crippen molar-refractivity contribution in [3.8, 4) is 0 Å². The summed E-state index contributed by atoms with van der Waals surface area (Å²) >= 11 is 0. The summed E-state index contributed by atoms with van der Waals surface area (Å²) in [5, 5.41) is 36.3. The average molecular weight is 376 g/mol. The first-order valence-electron chi connectivity index (χ1n) is 7.81. The minimum absolute atomic E-state index is 0.297. The smallest absolute Gasteiger partial charge is 0.326 e. The number of carboxylic acids is 4. The van der Waals surface area contributed by atoms with Gasteiger partial charge in [0.15, 0.2) is 0 Å². The minimum atomic E-state index is -1.42. The molecule has 11 heteroatoms. The molecule has 4 N–H and O–H groups in total. The molecule has 4 unspecified atom stereocenters. The molecule has 148 valence electrons. The van der Waals surface area contributed by atoms with Crippen LogP contribution in [0.15, 0.2) is 0 Å². The van der Waals surface area contributed by atoms with Crippen molar-refractivity contribution >= 4 is 29.8 Å². The van der Waals surface area contributed by atoms with Gasteiger partial charge in [-0.1, -0.05) is 0 Å². The molecule has 0 bridgehead atoms.